The van der Waals surface area contributed by atoms with Gasteiger partial charge in [0.15, 0.2) is 11.5 Å². The molecule has 2 heterocycles. The van der Waals surface area contributed by atoms with Gasteiger partial charge in [0, 0.05) is 17.0 Å². The van der Waals surface area contributed by atoms with Crippen LogP contribution in [0.2, 0.25) is 0 Å². The molecular weight excluding hydrogens is 392 g/mol. The standard InChI is InChI=1S/C23H24N6O2/c1-14(22(30)25-16-8-6-9-16)24-23-26-19-12-4-3-11-18(19)21-27-20(28-29(21)23)15-7-5-10-17(13-15)31-2/h3-5,7,10-14,16H,6,8-9H2,1-2H3,(H,24,26)(H,25,30)/t14-/m1/s1. The molecule has 0 saturated heterocycles. The number of carbonyl (C=O) groups excluding carboxylic acids is 1. The van der Waals surface area contributed by atoms with E-state index in [-0.39, 0.29) is 11.9 Å². The fraction of sp³-hybridized carbons (Fsp3) is 0.304. The molecule has 0 aliphatic heterocycles. The number of hydrogen-bond acceptors (Lipinski definition) is 6. The predicted molar refractivity (Wildman–Crippen MR) is 119 cm³/mol. The van der Waals surface area contributed by atoms with Crippen molar-refractivity contribution in [1.82, 2.24) is 24.9 Å². The highest BCUT2D eigenvalue weighted by molar-refractivity contribution is 5.93. The Morgan fingerprint density at radius 3 is 2.77 bits per heavy atom. The first kappa shape index (κ1) is 19.3. The van der Waals surface area contributed by atoms with Crippen LogP contribution in [-0.4, -0.2) is 44.7 Å². The average Bonchev–Trinajstić information content (AvgIpc) is 3.22. The SMILES string of the molecule is COc1cccc(-c2nc3c4ccccc4nc(N[C@H](C)C(=O)NC4CCC4)n3n2)c1. The topological polar surface area (TPSA) is 93.4 Å². The molecule has 0 radical (unpaired) electrons. The Morgan fingerprint density at radius 1 is 1.16 bits per heavy atom. The number of amides is 1. The number of nitrogens with zero attached hydrogens (tertiary/aromatic N) is 4. The van der Waals surface area contributed by atoms with Crippen molar-refractivity contribution in [3.63, 3.8) is 0 Å². The predicted octanol–water partition coefficient (Wildman–Crippen LogP) is 3.42. The van der Waals surface area contributed by atoms with Crippen molar-refractivity contribution in [3.05, 3.63) is 48.5 Å². The lowest BCUT2D eigenvalue weighted by molar-refractivity contribution is -0.122. The summed E-state index contributed by atoms with van der Waals surface area (Å²) < 4.78 is 7.01. The van der Waals surface area contributed by atoms with Gasteiger partial charge in [0.2, 0.25) is 11.9 Å². The first-order valence-corrected chi connectivity index (χ1v) is 10.5. The van der Waals surface area contributed by atoms with E-state index in [1.54, 1.807) is 11.6 Å². The molecule has 0 spiro atoms. The van der Waals surface area contributed by atoms with Gasteiger partial charge in [-0.05, 0) is 50.5 Å². The molecular formula is C23H24N6O2. The molecule has 8 nitrogen and oxygen atoms in total. The highest BCUT2D eigenvalue weighted by Gasteiger charge is 2.24. The summed E-state index contributed by atoms with van der Waals surface area (Å²) >= 11 is 0. The van der Waals surface area contributed by atoms with E-state index in [0.717, 1.165) is 35.1 Å². The zero-order valence-corrected chi connectivity index (χ0v) is 17.5. The third-order valence-corrected chi connectivity index (χ3v) is 5.70. The van der Waals surface area contributed by atoms with Crippen LogP contribution in [0.1, 0.15) is 26.2 Å². The molecule has 158 valence electrons. The van der Waals surface area contributed by atoms with E-state index in [9.17, 15) is 4.79 Å². The summed E-state index contributed by atoms with van der Waals surface area (Å²) in [6.07, 6.45) is 3.26. The molecule has 8 heteroatoms. The summed E-state index contributed by atoms with van der Waals surface area (Å²) in [6, 6.07) is 15.2. The fourth-order valence-electron chi connectivity index (χ4n) is 3.67. The van der Waals surface area contributed by atoms with Gasteiger partial charge in [-0.3, -0.25) is 4.79 Å². The quantitative estimate of drug-likeness (QED) is 0.500. The van der Waals surface area contributed by atoms with E-state index in [0.29, 0.717) is 17.4 Å². The van der Waals surface area contributed by atoms with Gasteiger partial charge in [0.25, 0.3) is 0 Å². The van der Waals surface area contributed by atoms with Crippen molar-refractivity contribution in [1.29, 1.82) is 0 Å². The average molecular weight is 416 g/mol. The molecule has 2 aromatic carbocycles. The van der Waals surface area contributed by atoms with Crippen molar-refractivity contribution in [2.45, 2.75) is 38.3 Å². The Kier molecular flexibility index (Phi) is 4.89. The number of hydrogen-bond donors (Lipinski definition) is 2. The first-order valence-electron chi connectivity index (χ1n) is 10.5. The number of para-hydroxylation sites is 1. The molecule has 31 heavy (non-hydrogen) atoms. The second kappa shape index (κ2) is 7.86. The molecule has 4 aromatic rings. The number of nitrogens with one attached hydrogen (secondary N) is 2. The van der Waals surface area contributed by atoms with Crippen LogP contribution in [-0.2, 0) is 4.79 Å². The Balaban J connectivity index is 1.56. The molecule has 1 aliphatic rings. The van der Waals surface area contributed by atoms with Crippen LogP contribution in [0.25, 0.3) is 27.9 Å². The van der Waals surface area contributed by atoms with E-state index in [1.807, 2.05) is 55.5 Å². The minimum absolute atomic E-state index is 0.0408. The maximum Gasteiger partial charge on any atom is 0.242 e. The van der Waals surface area contributed by atoms with Crippen LogP contribution in [0.15, 0.2) is 48.5 Å². The number of anilines is 1. The Hall–Kier alpha value is -3.68. The molecule has 1 saturated carbocycles. The first-order chi connectivity index (χ1) is 15.1. The van der Waals surface area contributed by atoms with Crippen LogP contribution >= 0.6 is 0 Å². The van der Waals surface area contributed by atoms with Gasteiger partial charge in [0.05, 0.1) is 12.6 Å². The molecule has 1 amide bonds. The van der Waals surface area contributed by atoms with Crippen molar-refractivity contribution in [3.8, 4) is 17.1 Å². The maximum atomic E-state index is 12.6. The molecule has 1 fully saturated rings. The Morgan fingerprint density at radius 2 is 2.00 bits per heavy atom. The molecule has 5 rings (SSSR count). The lowest BCUT2D eigenvalue weighted by atomic mass is 9.93. The number of fused-ring (bicyclic) bond motifs is 3. The monoisotopic (exact) mass is 416 g/mol. The highest BCUT2D eigenvalue weighted by atomic mass is 16.5. The lowest BCUT2D eigenvalue weighted by Gasteiger charge is -2.28. The molecule has 1 aliphatic carbocycles. The number of methoxy groups -OCH3 is 1. The van der Waals surface area contributed by atoms with Crippen LogP contribution in [0, 0.1) is 0 Å². The third-order valence-electron chi connectivity index (χ3n) is 5.70. The van der Waals surface area contributed by atoms with Crippen LogP contribution < -0.4 is 15.4 Å². The maximum absolute atomic E-state index is 12.6. The van der Waals surface area contributed by atoms with Gasteiger partial charge in [-0.15, -0.1) is 5.10 Å². The Labute approximate surface area is 179 Å². The summed E-state index contributed by atoms with van der Waals surface area (Å²) in [6.45, 7) is 1.83. The minimum Gasteiger partial charge on any atom is -0.497 e. The third kappa shape index (κ3) is 3.65. The summed E-state index contributed by atoms with van der Waals surface area (Å²) in [5.74, 6) is 1.73. The van der Waals surface area contributed by atoms with Gasteiger partial charge in [-0.2, -0.15) is 4.52 Å². The number of ether oxygens (including phenoxy) is 1. The second-order valence-corrected chi connectivity index (χ2v) is 7.86. The van der Waals surface area contributed by atoms with E-state index in [4.69, 9.17) is 19.8 Å². The largest absolute Gasteiger partial charge is 0.497 e. The number of rotatable bonds is 6. The van der Waals surface area contributed by atoms with Crippen molar-refractivity contribution < 1.29 is 9.53 Å². The van der Waals surface area contributed by atoms with Crippen LogP contribution in [0.3, 0.4) is 0 Å². The molecule has 0 unspecified atom stereocenters. The van der Waals surface area contributed by atoms with Crippen LogP contribution in [0.4, 0.5) is 5.95 Å². The smallest absolute Gasteiger partial charge is 0.242 e. The van der Waals surface area contributed by atoms with Gasteiger partial charge < -0.3 is 15.4 Å². The molecule has 2 aromatic heterocycles. The van der Waals surface area contributed by atoms with Crippen molar-refractivity contribution in [2.24, 2.45) is 0 Å². The van der Waals surface area contributed by atoms with E-state index >= 15 is 0 Å². The highest BCUT2D eigenvalue weighted by Crippen LogP contribution is 2.26. The molecule has 2 N–H and O–H groups in total. The fourth-order valence-corrected chi connectivity index (χ4v) is 3.67. The van der Waals surface area contributed by atoms with Gasteiger partial charge in [-0.1, -0.05) is 24.3 Å². The van der Waals surface area contributed by atoms with Crippen molar-refractivity contribution in [2.75, 3.05) is 12.4 Å². The van der Waals surface area contributed by atoms with E-state index in [2.05, 4.69) is 10.6 Å². The van der Waals surface area contributed by atoms with Crippen LogP contribution in [0.5, 0.6) is 5.75 Å². The van der Waals surface area contributed by atoms with Gasteiger partial charge >= 0.3 is 0 Å². The van der Waals surface area contributed by atoms with E-state index in [1.165, 1.54) is 6.42 Å². The number of aromatic nitrogens is 4. The summed E-state index contributed by atoms with van der Waals surface area (Å²) in [7, 11) is 1.63. The molecule has 1 atom stereocenters. The molecule has 0 bridgehead atoms. The summed E-state index contributed by atoms with van der Waals surface area (Å²) in [5, 5.41) is 11.9. The number of benzene rings is 2. The normalized spacial score (nSPS) is 14.9. The summed E-state index contributed by atoms with van der Waals surface area (Å²) in [4.78, 5) is 22.1. The van der Waals surface area contributed by atoms with Gasteiger partial charge in [-0.25, -0.2) is 9.97 Å². The number of carbonyl (C=O) groups is 1. The van der Waals surface area contributed by atoms with E-state index < -0.39 is 6.04 Å². The Bertz CT molecular complexity index is 1260. The summed E-state index contributed by atoms with van der Waals surface area (Å²) in [5.41, 5.74) is 2.31. The zero-order chi connectivity index (χ0) is 21.4. The van der Waals surface area contributed by atoms with Crippen molar-refractivity contribution >= 4 is 28.4 Å². The van der Waals surface area contributed by atoms with Gasteiger partial charge in [0.1, 0.15) is 11.8 Å². The lowest BCUT2D eigenvalue weighted by Crippen LogP contribution is -2.46. The minimum atomic E-state index is -0.457. The zero-order valence-electron chi connectivity index (χ0n) is 17.5. The second-order valence-electron chi connectivity index (χ2n) is 7.86.